The van der Waals surface area contributed by atoms with Crippen molar-refractivity contribution < 1.29 is 46.6 Å². The van der Waals surface area contributed by atoms with Gasteiger partial charge in [-0.15, -0.1) is 0 Å². The molecule has 0 spiro atoms. The fraction of sp³-hybridized carbons (Fsp3) is 0.579. The molecule has 5 aliphatic rings. The molecule has 4 amide bonds. The summed E-state index contributed by atoms with van der Waals surface area (Å²) in [7, 11) is 2.61. The summed E-state index contributed by atoms with van der Waals surface area (Å²) in [6.07, 6.45) is 8.84. The first-order valence-electron chi connectivity index (χ1n) is 27.7. The number of carbonyl (C=O) groups is 4. The first-order valence-corrected chi connectivity index (χ1v) is 27.7. The minimum Gasteiger partial charge on any atom is -0.465 e. The van der Waals surface area contributed by atoms with E-state index in [4.69, 9.17) is 14.7 Å². The van der Waals surface area contributed by atoms with Crippen molar-refractivity contribution in [1.82, 2.24) is 40.0 Å². The number of nitrogens with one attached hydrogen (secondary N) is 3. The van der Waals surface area contributed by atoms with Gasteiger partial charge < -0.3 is 44.7 Å². The molecular weight excluding hydrogens is 997 g/mol. The second-order valence-corrected chi connectivity index (χ2v) is 22.8. The number of methoxy groups -OCH3 is 1. The Morgan fingerprint density at radius 3 is 1.62 bits per heavy atom. The van der Waals surface area contributed by atoms with E-state index in [1.807, 2.05) is 13.8 Å². The Balaban J connectivity index is 0.992. The summed E-state index contributed by atoms with van der Waals surface area (Å²) in [5.74, 6) is -1.93. The van der Waals surface area contributed by atoms with Crippen LogP contribution >= 0.6 is 0 Å². The van der Waals surface area contributed by atoms with E-state index in [9.17, 15) is 24.3 Å². The number of hydrogen-bond donors (Lipinski definition) is 4. The van der Waals surface area contributed by atoms with Crippen molar-refractivity contribution in [3.05, 3.63) is 82.4 Å². The molecule has 0 bridgehead atoms. The quantitative estimate of drug-likeness (QED) is 0.0828. The highest BCUT2D eigenvalue weighted by atomic mass is 19.1. The van der Waals surface area contributed by atoms with Gasteiger partial charge in [-0.3, -0.25) is 14.5 Å². The maximum Gasteiger partial charge on any atom is 0.407 e. The van der Waals surface area contributed by atoms with E-state index < -0.39 is 71.7 Å². The van der Waals surface area contributed by atoms with E-state index in [1.165, 1.54) is 70.5 Å². The maximum atomic E-state index is 17.0. The Bertz CT molecular complexity index is 3000. The third-order valence-corrected chi connectivity index (χ3v) is 17.5. The molecule has 2 aromatic heterocycles. The Labute approximate surface area is 446 Å². The number of likely N-dealkylation sites (N-methyl/N-ethyl adjacent to an activating group) is 1. The molecule has 1 aliphatic carbocycles. The van der Waals surface area contributed by atoms with Crippen molar-refractivity contribution in [2.24, 2.45) is 23.7 Å². The monoisotopic (exact) mass is 1070 g/mol. The standard InChI is InChI=1S/C57H72F4N10O6/c1-30(2)49(66-56(74)77-6)54(72)69-20-10-14-47(69)52-62-41-26-35(37(58)28-43(41)64-52)45-16-17-46(71(45)34-24-39(60)51(40(61)25-34)68-22-18-33(19-23-68)32-12-8-7-9-13-32)36-27-42-44(29-38(36)59)65-53(63-42)48-15-11-21-70(48)55(73)50(31(3)4)67(5)57(75)76/h24-33,45-50H,7-23H2,1-6H3,(H,62,64)(H,63,65)(H,66,74)(H,75,76)/t45-,46-,47+,48+,49+,50+/m1/s1. The van der Waals surface area contributed by atoms with Crippen LogP contribution in [0.2, 0.25) is 0 Å². The molecule has 20 heteroatoms. The highest BCUT2D eigenvalue weighted by Gasteiger charge is 2.43. The van der Waals surface area contributed by atoms with Crippen molar-refractivity contribution >= 4 is 57.4 Å². The van der Waals surface area contributed by atoms with Gasteiger partial charge in [-0.05, 0) is 111 Å². The number of benzene rings is 3. The SMILES string of the molecule is COC(=O)N[C@H](C(=O)N1CCC[C@H]1c1nc2cc([C@H]3CC[C@H](c4cc5nc([C@@H]6CCCN6C(=O)[C@H](C(C)C)N(C)C(=O)O)[nH]c5cc4F)N3c3cc(F)c(N4CCC(C5CCCCC5)CC4)c(F)c3)c(F)cc2[nH]1)C(C)C. The lowest BCUT2D eigenvalue weighted by Gasteiger charge is -2.39. The Kier molecular flexibility index (Phi) is 15.4. The van der Waals surface area contributed by atoms with Gasteiger partial charge >= 0.3 is 12.2 Å². The number of amides is 4. The number of aromatic amines is 2. The summed E-state index contributed by atoms with van der Waals surface area (Å²) in [4.78, 5) is 76.4. The summed E-state index contributed by atoms with van der Waals surface area (Å²) in [5, 5.41) is 12.5. The van der Waals surface area contributed by atoms with Crippen molar-refractivity contribution in [2.45, 2.75) is 147 Å². The lowest BCUT2D eigenvalue weighted by atomic mass is 9.76. The average Bonchev–Trinajstić information content (AvgIpc) is 4.30. The van der Waals surface area contributed by atoms with Crippen LogP contribution in [0.4, 0.5) is 38.5 Å². The number of aromatic nitrogens is 4. The van der Waals surface area contributed by atoms with Gasteiger partial charge in [0.25, 0.3) is 0 Å². The summed E-state index contributed by atoms with van der Waals surface area (Å²) in [6, 6.07) is 3.95. The summed E-state index contributed by atoms with van der Waals surface area (Å²) in [5.41, 5.74) is 1.93. The van der Waals surface area contributed by atoms with Crippen molar-refractivity contribution in [1.29, 1.82) is 0 Å². The number of halogens is 4. The van der Waals surface area contributed by atoms with Crippen LogP contribution in [0.5, 0.6) is 0 Å². The highest BCUT2D eigenvalue weighted by Crippen LogP contribution is 2.50. The van der Waals surface area contributed by atoms with Gasteiger partial charge in [0.1, 0.15) is 41.1 Å². The lowest BCUT2D eigenvalue weighted by molar-refractivity contribution is -0.138. The first-order chi connectivity index (χ1) is 36.9. The van der Waals surface area contributed by atoms with Crippen molar-refractivity contribution in [3.63, 3.8) is 0 Å². The summed E-state index contributed by atoms with van der Waals surface area (Å²) >= 11 is 0. The summed E-state index contributed by atoms with van der Waals surface area (Å²) in [6.45, 7) is 9.09. The van der Waals surface area contributed by atoms with E-state index in [2.05, 4.69) is 15.3 Å². The molecule has 77 heavy (non-hydrogen) atoms. The number of likely N-dealkylation sites (tertiary alicyclic amines) is 2. The Hall–Kier alpha value is -6.60. The maximum absolute atomic E-state index is 17.0. The number of ether oxygens (including phenoxy) is 1. The molecule has 3 aromatic carbocycles. The zero-order valence-electron chi connectivity index (χ0n) is 44.9. The molecule has 414 valence electrons. The predicted molar refractivity (Wildman–Crippen MR) is 283 cm³/mol. The van der Waals surface area contributed by atoms with Crippen LogP contribution < -0.4 is 15.1 Å². The Morgan fingerprint density at radius 1 is 0.636 bits per heavy atom. The van der Waals surface area contributed by atoms with Crippen molar-refractivity contribution in [2.75, 3.05) is 50.1 Å². The highest BCUT2D eigenvalue weighted by molar-refractivity contribution is 5.87. The molecule has 6 heterocycles. The van der Waals surface area contributed by atoms with Crippen LogP contribution in [0.15, 0.2) is 36.4 Å². The van der Waals surface area contributed by atoms with E-state index in [0.29, 0.717) is 97.4 Å². The fourth-order valence-electron chi connectivity index (χ4n) is 13.6. The number of carboxylic acid groups (broad SMARTS) is 1. The molecule has 4 N–H and O–H groups in total. The van der Waals surface area contributed by atoms with Crippen LogP contribution in [0.3, 0.4) is 0 Å². The number of H-pyrrole nitrogens is 2. The minimum absolute atomic E-state index is 0.106. The molecule has 4 aliphatic heterocycles. The van der Waals surface area contributed by atoms with Crippen LogP contribution in [-0.2, 0) is 14.3 Å². The van der Waals surface area contributed by atoms with Gasteiger partial charge in [0, 0.05) is 50.0 Å². The van der Waals surface area contributed by atoms with E-state index in [1.54, 1.807) is 45.6 Å². The molecule has 1 saturated carbocycles. The van der Waals surface area contributed by atoms with Gasteiger partial charge in [0.05, 0.1) is 53.3 Å². The first kappa shape index (κ1) is 53.8. The number of imidazole rings is 2. The number of hydrogen-bond acceptors (Lipinski definition) is 9. The normalized spacial score (nSPS) is 22.5. The average molecular weight is 1070 g/mol. The number of anilines is 2. The zero-order valence-corrected chi connectivity index (χ0v) is 44.9. The topological polar surface area (TPSA) is 183 Å². The van der Waals surface area contributed by atoms with Crippen LogP contribution in [0.1, 0.15) is 158 Å². The largest absolute Gasteiger partial charge is 0.465 e. The second kappa shape index (κ2) is 22.0. The van der Waals surface area contributed by atoms with Crippen LogP contribution in [0, 0.1) is 46.9 Å². The van der Waals surface area contributed by atoms with E-state index in [-0.39, 0.29) is 59.0 Å². The van der Waals surface area contributed by atoms with Gasteiger partial charge in [-0.1, -0.05) is 59.8 Å². The van der Waals surface area contributed by atoms with Crippen LogP contribution in [0.25, 0.3) is 22.1 Å². The molecule has 0 radical (unpaired) electrons. The number of piperidine rings is 1. The molecule has 16 nitrogen and oxygen atoms in total. The number of rotatable bonds is 13. The van der Waals surface area contributed by atoms with E-state index >= 15 is 17.6 Å². The van der Waals surface area contributed by atoms with Crippen molar-refractivity contribution in [3.8, 4) is 0 Å². The Morgan fingerprint density at radius 2 is 1.14 bits per heavy atom. The number of nitrogens with zero attached hydrogens (tertiary/aromatic N) is 7. The molecule has 6 atom stereocenters. The minimum atomic E-state index is -1.22. The van der Waals surface area contributed by atoms with Gasteiger partial charge in [0.15, 0.2) is 11.6 Å². The smallest absolute Gasteiger partial charge is 0.407 e. The number of carbonyl (C=O) groups excluding carboxylic acids is 3. The third kappa shape index (κ3) is 10.4. The molecule has 0 unspecified atom stereocenters. The molecule has 5 aromatic rings. The zero-order chi connectivity index (χ0) is 54.6. The van der Waals surface area contributed by atoms with Gasteiger partial charge in [0.2, 0.25) is 11.8 Å². The molecule has 4 saturated heterocycles. The van der Waals surface area contributed by atoms with Gasteiger partial charge in [-0.2, -0.15) is 0 Å². The molecule has 10 rings (SSSR count). The fourth-order valence-corrected chi connectivity index (χ4v) is 13.6. The molecular formula is C57H72F4N10O6. The lowest BCUT2D eigenvalue weighted by Crippen LogP contribution is -2.51. The second-order valence-electron chi connectivity index (χ2n) is 22.8. The van der Waals surface area contributed by atoms with Crippen LogP contribution in [-0.4, -0.2) is 116 Å². The number of alkyl carbamates (subject to hydrolysis) is 1. The number of fused-ring (bicyclic) bond motifs is 2. The summed E-state index contributed by atoms with van der Waals surface area (Å²) < 4.78 is 72.5. The third-order valence-electron chi connectivity index (χ3n) is 17.5. The molecule has 5 fully saturated rings. The van der Waals surface area contributed by atoms with Gasteiger partial charge in [-0.25, -0.2) is 37.1 Å². The predicted octanol–water partition coefficient (Wildman–Crippen LogP) is 11.2. The van der Waals surface area contributed by atoms with E-state index in [0.717, 1.165) is 17.7 Å².